The number of hydrogen-bond donors (Lipinski definition) is 1. The van der Waals surface area contributed by atoms with Crippen LogP contribution in [0.15, 0.2) is 52.6 Å². The number of halogens is 1. The lowest BCUT2D eigenvalue weighted by molar-refractivity contribution is -0.117. The van der Waals surface area contributed by atoms with Gasteiger partial charge >= 0.3 is 5.69 Å². The van der Waals surface area contributed by atoms with Gasteiger partial charge in [0.15, 0.2) is 5.13 Å². The van der Waals surface area contributed by atoms with Gasteiger partial charge in [0, 0.05) is 10.9 Å². The molecule has 164 valence electrons. The molecule has 1 N–H and O–H groups in total. The van der Waals surface area contributed by atoms with Crippen molar-refractivity contribution in [1.82, 2.24) is 24.8 Å². The van der Waals surface area contributed by atoms with E-state index in [1.165, 1.54) is 11.3 Å². The van der Waals surface area contributed by atoms with E-state index >= 15 is 0 Å². The molecule has 0 aliphatic carbocycles. The van der Waals surface area contributed by atoms with Gasteiger partial charge in [-0.2, -0.15) is 9.36 Å². The van der Waals surface area contributed by atoms with Gasteiger partial charge in [0.1, 0.15) is 18.0 Å². The van der Waals surface area contributed by atoms with E-state index in [0.29, 0.717) is 33.0 Å². The van der Waals surface area contributed by atoms with Crippen molar-refractivity contribution in [1.29, 1.82) is 0 Å². The molecule has 2 aromatic carbocycles. The largest absolute Gasteiger partial charge is 0.497 e. The Morgan fingerprint density at radius 2 is 1.97 bits per heavy atom. The predicted molar refractivity (Wildman–Crippen MR) is 120 cm³/mol. The van der Waals surface area contributed by atoms with Gasteiger partial charge in [0.05, 0.1) is 30.6 Å². The highest BCUT2D eigenvalue weighted by atomic mass is 35.5. The van der Waals surface area contributed by atoms with Crippen molar-refractivity contribution in [2.75, 3.05) is 19.5 Å². The van der Waals surface area contributed by atoms with E-state index in [0.717, 1.165) is 14.9 Å². The van der Waals surface area contributed by atoms with Crippen LogP contribution in [0.25, 0.3) is 16.9 Å². The van der Waals surface area contributed by atoms with Crippen LogP contribution in [0.5, 0.6) is 11.5 Å². The molecule has 0 spiro atoms. The van der Waals surface area contributed by atoms with Crippen LogP contribution in [-0.2, 0) is 11.3 Å². The number of nitrogens with zero attached hydrogens (tertiary/aromatic N) is 5. The van der Waals surface area contributed by atoms with E-state index in [2.05, 4.69) is 20.7 Å². The highest BCUT2D eigenvalue weighted by molar-refractivity contribution is 7.14. The lowest BCUT2D eigenvalue weighted by atomic mass is 10.1. The van der Waals surface area contributed by atoms with Crippen molar-refractivity contribution in [2.45, 2.75) is 6.54 Å². The van der Waals surface area contributed by atoms with Crippen molar-refractivity contribution in [3.8, 4) is 28.4 Å². The molecule has 0 aliphatic heterocycles. The lowest BCUT2D eigenvalue weighted by Crippen LogP contribution is -2.29. The third kappa shape index (κ3) is 4.34. The van der Waals surface area contributed by atoms with Gasteiger partial charge in [-0.1, -0.05) is 23.7 Å². The summed E-state index contributed by atoms with van der Waals surface area (Å²) in [6, 6.07) is 12.1. The van der Waals surface area contributed by atoms with Crippen molar-refractivity contribution >= 4 is 34.0 Å². The maximum atomic E-state index is 12.6. The zero-order valence-corrected chi connectivity index (χ0v) is 18.6. The number of aromatic nitrogens is 5. The quantitative estimate of drug-likeness (QED) is 0.440. The molecule has 0 radical (unpaired) electrons. The minimum atomic E-state index is -0.589. The van der Waals surface area contributed by atoms with Gasteiger partial charge in [0.2, 0.25) is 5.91 Å². The average Bonchev–Trinajstić information content (AvgIpc) is 3.40. The summed E-state index contributed by atoms with van der Waals surface area (Å²) in [6.45, 7) is -0.333. The molecule has 12 heteroatoms. The topological polar surface area (TPSA) is 113 Å². The fraction of sp³-hybridized carbons (Fsp3) is 0.150. The van der Waals surface area contributed by atoms with Gasteiger partial charge < -0.3 is 14.8 Å². The van der Waals surface area contributed by atoms with Crippen LogP contribution in [0.3, 0.4) is 0 Å². The van der Waals surface area contributed by atoms with Crippen LogP contribution in [-0.4, -0.2) is 44.9 Å². The van der Waals surface area contributed by atoms with Crippen molar-refractivity contribution < 1.29 is 14.3 Å². The highest BCUT2D eigenvalue weighted by Crippen LogP contribution is 2.35. The first-order valence-corrected chi connectivity index (χ1v) is 10.5. The molecule has 0 saturated carbocycles. The summed E-state index contributed by atoms with van der Waals surface area (Å²) in [5.41, 5.74) is 1.13. The molecule has 4 aromatic rings. The van der Waals surface area contributed by atoms with Crippen LogP contribution in [0.4, 0.5) is 5.13 Å². The highest BCUT2D eigenvalue weighted by Gasteiger charge is 2.16. The van der Waals surface area contributed by atoms with Crippen molar-refractivity contribution in [3.63, 3.8) is 0 Å². The summed E-state index contributed by atoms with van der Waals surface area (Å²) in [5, 5.41) is 12.7. The number of para-hydroxylation sites is 1. The van der Waals surface area contributed by atoms with Gasteiger partial charge in [-0.3, -0.25) is 4.79 Å². The molecular formula is C20H17ClN6O4S. The van der Waals surface area contributed by atoms with Crippen LogP contribution in [0, 0.1) is 0 Å². The Morgan fingerprint density at radius 3 is 2.72 bits per heavy atom. The first-order valence-electron chi connectivity index (χ1n) is 9.25. The van der Waals surface area contributed by atoms with Gasteiger partial charge in [-0.25, -0.2) is 9.78 Å². The number of methoxy groups -OCH3 is 2. The van der Waals surface area contributed by atoms with E-state index in [4.69, 9.17) is 21.1 Å². The van der Waals surface area contributed by atoms with E-state index in [1.54, 1.807) is 62.1 Å². The molecule has 0 unspecified atom stereocenters. The number of tetrazole rings is 1. The third-order valence-corrected chi connectivity index (χ3v) is 5.52. The molecular weight excluding hydrogens is 456 g/mol. The second kappa shape index (κ2) is 9.20. The van der Waals surface area contributed by atoms with Crippen LogP contribution >= 0.6 is 22.9 Å². The molecule has 0 bridgehead atoms. The van der Waals surface area contributed by atoms with Gasteiger partial charge in [0.25, 0.3) is 0 Å². The Hall–Kier alpha value is -3.70. The number of amides is 1. The normalized spacial score (nSPS) is 10.7. The first-order chi connectivity index (χ1) is 15.5. The molecule has 4 rings (SSSR count). The number of carbonyl (C=O) groups is 1. The summed E-state index contributed by atoms with van der Waals surface area (Å²) in [5.74, 6) is 0.800. The van der Waals surface area contributed by atoms with Crippen molar-refractivity contribution in [3.05, 3.63) is 63.4 Å². The van der Waals surface area contributed by atoms with Crippen LogP contribution in [0.2, 0.25) is 5.02 Å². The Kier molecular flexibility index (Phi) is 6.19. The number of thiazole rings is 1. The molecule has 0 aliphatic rings. The zero-order chi connectivity index (χ0) is 22.7. The molecule has 2 aromatic heterocycles. The van der Waals surface area contributed by atoms with E-state index < -0.39 is 11.6 Å². The van der Waals surface area contributed by atoms with Crippen molar-refractivity contribution in [2.24, 2.45) is 0 Å². The number of nitrogens with one attached hydrogen (secondary N) is 1. The Morgan fingerprint density at radius 1 is 1.16 bits per heavy atom. The fourth-order valence-electron chi connectivity index (χ4n) is 2.91. The van der Waals surface area contributed by atoms with Crippen LogP contribution in [0.1, 0.15) is 0 Å². The number of benzene rings is 2. The van der Waals surface area contributed by atoms with Gasteiger partial charge in [-0.15, -0.1) is 11.3 Å². The first kappa shape index (κ1) is 21.5. The van der Waals surface area contributed by atoms with E-state index in [1.807, 2.05) is 0 Å². The molecule has 10 nitrogen and oxygen atoms in total. The second-order valence-electron chi connectivity index (χ2n) is 6.43. The van der Waals surface area contributed by atoms with E-state index in [-0.39, 0.29) is 6.54 Å². The minimum Gasteiger partial charge on any atom is -0.497 e. The molecule has 32 heavy (non-hydrogen) atoms. The number of ether oxygens (including phenoxy) is 2. The molecule has 0 atom stereocenters. The summed E-state index contributed by atoms with van der Waals surface area (Å²) in [7, 11) is 3.13. The summed E-state index contributed by atoms with van der Waals surface area (Å²) in [4.78, 5) is 29.5. The SMILES string of the molecule is COc1ccc(OC)c(-c2csc(NC(=O)Cn3nnn(-c4ccccc4Cl)c3=O)n2)c1. The average molecular weight is 473 g/mol. The summed E-state index contributed by atoms with van der Waals surface area (Å²) < 4.78 is 12.6. The Bertz CT molecular complexity index is 1330. The summed E-state index contributed by atoms with van der Waals surface area (Å²) in [6.07, 6.45) is 0. The monoisotopic (exact) mass is 472 g/mol. The number of rotatable bonds is 7. The summed E-state index contributed by atoms with van der Waals surface area (Å²) >= 11 is 7.35. The van der Waals surface area contributed by atoms with Gasteiger partial charge in [-0.05, 0) is 40.8 Å². The molecule has 0 saturated heterocycles. The number of anilines is 1. The number of carbonyl (C=O) groups excluding carboxylic acids is 1. The lowest BCUT2D eigenvalue weighted by Gasteiger charge is -2.08. The zero-order valence-electron chi connectivity index (χ0n) is 17.0. The molecule has 0 fully saturated rings. The fourth-order valence-corrected chi connectivity index (χ4v) is 3.85. The second-order valence-corrected chi connectivity index (χ2v) is 7.70. The molecule has 2 heterocycles. The minimum absolute atomic E-state index is 0.333. The Labute approximate surface area is 191 Å². The number of hydrogen-bond acceptors (Lipinski definition) is 8. The third-order valence-electron chi connectivity index (χ3n) is 4.45. The van der Waals surface area contributed by atoms with Crippen LogP contribution < -0.4 is 20.5 Å². The Balaban J connectivity index is 1.50. The standard InChI is InChI=1S/C20H17ClN6O4S/c1-30-12-7-8-17(31-2)13(9-12)15-11-32-19(22-15)23-18(28)10-26-20(29)27(25-24-26)16-6-4-3-5-14(16)21/h3-9,11H,10H2,1-2H3,(H,22,23,28). The maximum Gasteiger partial charge on any atom is 0.369 e. The van der Waals surface area contributed by atoms with E-state index in [9.17, 15) is 9.59 Å². The maximum absolute atomic E-state index is 12.6. The molecule has 1 amide bonds. The predicted octanol–water partition coefficient (Wildman–Crippen LogP) is 2.86. The smallest absolute Gasteiger partial charge is 0.369 e.